The fraction of sp³-hybridized carbons (Fsp3) is 0.474. The lowest BCUT2D eigenvalue weighted by atomic mass is 10.0. The number of urea groups is 1. The van der Waals surface area contributed by atoms with Gasteiger partial charge in [0.1, 0.15) is 10.9 Å². The van der Waals surface area contributed by atoms with Gasteiger partial charge < -0.3 is 15.4 Å². The molecule has 0 bridgehead atoms. The minimum Gasteiger partial charge on any atom is -0.450 e. The average Bonchev–Trinajstić information content (AvgIpc) is 3.19. The molecule has 3 rings (SSSR count). The number of thioether (sulfide) groups is 1. The Balaban J connectivity index is 1.82. The number of nitrogens with one attached hydrogen (secondary N) is 1. The normalized spacial score (nSPS) is 24.8. The second kappa shape index (κ2) is 7.83. The van der Waals surface area contributed by atoms with Crippen molar-refractivity contribution >= 4 is 35.6 Å². The maximum absolute atomic E-state index is 12.9. The fourth-order valence-electron chi connectivity index (χ4n) is 3.70. The van der Waals surface area contributed by atoms with Gasteiger partial charge in [-0.2, -0.15) is 0 Å². The fourth-order valence-corrected chi connectivity index (χ4v) is 5.34. The Bertz CT molecular complexity index is 800. The van der Waals surface area contributed by atoms with Crippen molar-refractivity contribution in [2.45, 2.75) is 43.7 Å². The Hall–Kier alpha value is -2.55. The molecule has 1 aromatic rings. The summed E-state index contributed by atoms with van der Waals surface area (Å²) in [6.45, 7) is 3.38. The quantitative estimate of drug-likeness (QED) is 0.714. The average molecular weight is 405 g/mol. The maximum Gasteiger partial charge on any atom is 0.330 e. The van der Waals surface area contributed by atoms with Gasteiger partial charge in [-0.05, 0) is 17.9 Å². The molecule has 2 heterocycles. The number of amides is 4. The van der Waals surface area contributed by atoms with Gasteiger partial charge in [0.25, 0.3) is 5.91 Å². The largest absolute Gasteiger partial charge is 0.450 e. The van der Waals surface area contributed by atoms with Crippen LogP contribution in [0.25, 0.3) is 0 Å². The number of ether oxygens (including phenoxy) is 1. The van der Waals surface area contributed by atoms with Crippen LogP contribution in [-0.4, -0.2) is 46.6 Å². The van der Waals surface area contributed by atoms with Gasteiger partial charge in [-0.25, -0.2) is 9.59 Å². The van der Waals surface area contributed by atoms with Gasteiger partial charge in [0.15, 0.2) is 6.10 Å². The maximum atomic E-state index is 12.9. The van der Waals surface area contributed by atoms with Crippen LogP contribution in [0.2, 0.25) is 0 Å². The van der Waals surface area contributed by atoms with Gasteiger partial charge >= 0.3 is 12.0 Å². The van der Waals surface area contributed by atoms with Gasteiger partial charge in [-0.1, -0.05) is 44.2 Å². The third-order valence-electron chi connectivity index (χ3n) is 4.98. The van der Waals surface area contributed by atoms with E-state index in [1.807, 2.05) is 35.6 Å². The van der Waals surface area contributed by atoms with Crippen molar-refractivity contribution in [1.82, 2.24) is 10.2 Å². The highest BCUT2D eigenvalue weighted by molar-refractivity contribution is 8.00. The van der Waals surface area contributed by atoms with Crippen molar-refractivity contribution in [3.63, 3.8) is 0 Å². The van der Waals surface area contributed by atoms with Crippen LogP contribution in [0.15, 0.2) is 30.3 Å². The number of fused-ring (bicyclic) bond motifs is 1. The van der Waals surface area contributed by atoms with Crippen molar-refractivity contribution in [3.8, 4) is 0 Å². The molecule has 28 heavy (non-hydrogen) atoms. The molecule has 0 radical (unpaired) electrons. The number of hydrogen-bond donors (Lipinski definition) is 2. The van der Waals surface area contributed by atoms with Crippen LogP contribution in [0.3, 0.4) is 0 Å². The van der Waals surface area contributed by atoms with Crippen LogP contribution < -0.4 is 11.1 Å². The van der Waals surface area contributed by atoms with Gasteiger partial charge in [0.2, 0.25) is 5.91 Å². The summed E-state index contributed by atoms with van der Waals surface area (Å²) in [4.78, 5) is 49.6. The van der Waals surface area contributed by atoms with Crippen LogP contribution in [0.1, 0.15) is 32.3 Å². The Labute approximate surface area is 167 Å². The second-order valence-corrected chi connectivity index (χ2v) is 8.49. The lowest BCUT2D eigenvalue weighted by Gasteiger charge is -2.34. The molecule has 0 aliphatic carbocycles. The highest BCUT2D eigenvalue weighted by Gasteiger charge is 2.57. The molecule has 2 aliphatic heterocycles. The number of imide groups is 1. The first-order valence-electron chi connectivity index (χ1n) is 9.08. The van der Waals surface area contributed by atoms with Crippen molar-refractivity contribution in [1.29, 1.82) is 0 Å². The number of carbonyl (C=O) groups is 4. The Kier molecular flexibility index (Phi) is 5.64. The summed E-state index contributed by atoms with van der Waals surface area (Å²) in [5, 5.41) is 1.95. The molecular weight excluding hydrogens is 382 g/mol. The van der Waals surface area contributed by atoms with Gasteiger partial charge in [-0.3, -0.25) is 14.9 Å². The number of rotatable bonds is 5. The van der Waals surface area contributed by atoms with E-state index in [0.29, 0.717) is 18.6 Å². The minimum absolute atomic E-state index is 0.113. The zero-order valence-electron chi connectivity index (χ0n) is 15.7. The SMILES string of the molecule is CC(C)[C@H](OC(=O)[C@H]1CS[C@@]2(c3ccccc3)CCC(=O)N12)C(=O)NC(N)=O. The summed E-state index contributed by atoms with van der Waals surface area (Å²) in [7, 11) is 0. The molecule has 8 nitrogen and oxygen atoms in total. The molecule has 4 amide bonds. The van der Waals surface area contributed by atoms with Crippen LogP contribution in [0, 0.1) is 5.92 Å². The van der Waals surface area contributed by atoms with E-state index in [2.05, 4.69) is 0 Å². The molecule has 3 N–H and O–H groups in total. The topological polar surface area (TPSA) is 119 Å². The molecule has 2 fully saturated rings. The molecule has 0 saturated carbocycles. The first kappa shape index (κ1) is 20.2. The lowest BCUT2D eigenvalue weighted by Crippen LogP contribution is -2.50. The van der Waals surface area contributed by atoms with Crippen LogP contribution in [-0.2, 0) is 24.0 Å². The lowest BCUT2D eigenvalue weighted by molar-refractivity contribution is -0.164. The summed E-state index contributed by atoms with van der Waals surface area (Å²) in [5.74, 6) is -1.53. The van der Waals surface area contributed by atoms with E-state index in [4.69, 9.17) is 10.5 Å². The molecule has 0 spiro atoms. The standard InChI is InChI=1S/C19H23N3O5S/c1-11(2)15(16(24)21-18(20)26)27-17(25)13-10-28-19(9-8-14(23)22(13)19)12-6-4-3-5-7-12/h3-7,11,13,15H,8-10H2,1-2H3,(H3,20,21,24,26)/t13-,15+,19-/m1/s1. The number of esters is 1. The third-order valence-corrected chi connectivity index (χ3v) is 6.57. The molecule has 0 aromatic heterocycles. The highest BCUT2D eigenvalue weighted by Crippen LogP contribution is 2.54. The van der Waals surface area contributed by atoms with Crippen molar-refractivity contribution in [3.05, 3.63) is 35.9 Å². The zero-order chi connectivity index (χ0) is 20.5. The molecule has 3 atom stereocenters. The molecule has 2 saturated heterocycles. The van der Waals surface area contributed by atoms with E-state index in [1.54, 1.807) is 18.7 Å². The molecule has 2 aliphatic rings. The zero-order valence-corrected chi connectivity index (χ0v) is 16.5. The first-order valence-corrected chi connectivity index (χ1v) is 10.1. The Morgan fingerprint density at radius 3 is 2.57 bits per heavy atom. The number of benzene rings is 1. The number of carbonyl (C=O) groups excluding carboxylic acids is 4. The van der Waals surface area contributed by atoms with Gasteiger partial charge in [0, 0.05) is 12.2 Å². The summed E-state index contributed by atoms with van der Waals surface area (Å²) in [6.07, 6.45) is -0.212. The van der Waals surface area contributed by atoms with E-state index in [0.717, 1.165) is 5.56 Å². The predicted octanol–water partition coefficient (Wildman–Crippen LogP) is 1.34. The second-order valence-electron chi connectivity index (χ2n) is 7.20. The Morgan fingerprint density at radius 2 is 1.96 bits per heavy atom. The molecular formula is C19H23N3O5S. The summed E-state index contributed by atoms with van der Waals surface area (Å²) < 4.78 is 5.43. The summed E-state index contributed by atoms with van der Waals surface area (Å²) >= 11 is 1.54. The van der Waals surface area contributed by atoms with Crippen molar-refractivity contribution in [2.75, 3.05) is 5.75 Å². The van der Waals surface area contributed by atoms with Gasteiger partial charge in [-0.15, -0.1) is 11.8 Å². The van der Waals surface area contributed by atoms with E-state index in [1.165, 1.54) is 11.8 Å². The van der Waals surface area contributed by atoms with Crippen molar-refractivity contribution < 1.29 is 23.9 Å². The molecule has 9 heteroatoms. The molecule has 1 aromatic carbocycles. The molecule has 0 unspecified atom stereocenters. The van der Waals surface area contributed by atoms with Crippen LogP contribution in [0.4, 0.5) is 4.79 Å². The Morgan fingerprint density at radius 1 is 1.29 bits per heavy atom. The summed E-state index contributed by atoms with van der Waals surface area (Å²) in [5.41, 5.74) is 5.95. The van der Waals surface area contributed by atoms with Crippen LogP contribution in [0.5, 0.6) is 0 Å². The predicted molar refractivity (Wildman–Crippen MR) is 103 cm³/mol. The number of hydrogen-bond acceptors (Lipinski definition) is 6. The highest BCUT2D eigenvalue weighted by atomic mass is 32.2. The third kappa shape index (κ3) is 3.58. The van der Waals surface area contributed by atoms with E-state index in [-0.39, 0.29) is 11.8 Å². The number of nitrogens with zero attached hydrogens (tertiary/aromatic N) is 1. The number of nitrogens with two attached hydrogens (primary N) is 1. The first-order chi connectivity index (χ1) is 13.3. The van der Waals surface area contributed by atoms with Gasteiger partial charge in [0.05, 0.1) is 0 Å². The minimum atomic E-state index is -1.17. The smallest absolute Gasteiger partial charge is 0.330 e. The van der Waals surface area contributed by atoms with Crippen LogP contribution >= 0.6 is 11.8 Å². The van der Waals surface area contributed by atoms with E-state index >= 15 is 0 Å². The van der Waals surface area contributed by atoms with E-state index in [9.17, 15) is 19.2 Å². The number of primary amides is 1. The van der Waals surface area contributed by atoms with E-state index < -0.39 is 34.9 Å². The molecule has 150 valence electrons. The van der Waals surface area contributed by atoms with Crippen molar-refractivity contribution in [2.24, 2.45) is 11.7 Å². The monoisotopic (exact) mass is 405 g/mol. The summed E-state index contributed by atoms with van der Waals surface area (Å²) in [6, 6.07) is 7.80.